The molecule has 0 saturated heterocycles. The van der Waals surface area contributed by atoms with Crippen LogP contribution in [-0.2, 0) is 10.3 Å². The first kappa shape index (κ1) is 16.2. The zero-order valence-electron chi connectivity index (χ0n) is 11.6. The van der Waals surface area contributed by atoms with Crippen LogP contribution in [0.2, 0.25) is 0 Å². The van der Waals surface area contributed by atoms with Crippen molar-refractivity contribution in [3.05, 3.63) is 76.1 Å². The third-order valence-electron chi connectivity index (χ3n) is 3.37. The summed E-state index contributed by atoms with van der Waals surface area (Å²) in [6.45, 7) is 0.125. The quantitative estimate of drug-likeness (QED) is 0.625. The summed E-state index contributed by atoms with van der Waals surface area (Å²) in [5.41, 5.74) is 0.830. The third-order valence-corrected chi connectivity index (χ3v) is 3.88. The minimum atomic E-state index is -1.86. The lowest BCUT2D eigenvalue weighted by molar-refractivity contribution is 0.625. The molecule has 1 aromatic heterocycles. The van der Waals surface area contributed by atoms with Gasteiger partial charge >= 0.3 is 0 Å². The Morgan fingerprint density at radius 2 is 1.70 bits per heavy atom. The maximum atomic E-state index is 13.0. The van der Waals surface area contributed by atoms with E-state index in [1.54, 1.807) is 36.4 Å². The highest BCUT2D eigenvalue weighted by Gasteiger charge is 2.30. The van der Waals surface area contributed by atoms with E-state index in [9.17, 15) is 9.18 Å². The number of fused-ring (bicyclic) bond motifs is 1. The Labute approximate surface area is 146 Å². The zero-order valence-corrected chi connectivity index (χ0v) is 13.9. The average Bonchev–Trinajstić information content (AvgIpc) is 2.51. The van der Waals surface area contributed by atoms with Crippen LogP contribution in [0.3, 0.4) is 0 Å². The second-order valence-electron chi connectivity index (χ2n) is 4.97. The molecule has 0 saturated carbocycles. The van der Waals surface area contributed by atoms with E-state index in [1.807, 2.05) is 0 Å². The van der Waals surface area contributed by atoms with Crippen LogP contribution < -0.4 is 5.56 Å². The lowest BCUT2D eigenvalue weighted by Crippen LogP contribution is -2.29. The zero-order chi connectivity index (χ0) is 16.6. The Morgan fingerprint density at radius 1 is 1.04 bits per heavy atom. The summed E-state index contributed by atoms with van der Waals surface area (Å²) >= 11 is 17.9. The summed E-state index contributed by atoms with van der Waals surface area (Å²) in [5, 5.41) is 0.424. The largest absolute Gasteiger partial charge is 0.288 e. The number of aromatic nitrogens is 2. The number of para-hydroxylation sites is 1. The van der Waals surface area contributed by atoms with Crippen LogP contribution >= 0.6 is 34.8 Å². The maximum Gasteiger partial charge on any atom is 0.261 e. The predicted octanol–water partition coefficient (Wildman–Crippen LogP) is 4.41. The fourth-order valence-electron chi connectivity index (χ4n) is 2.30. The lowest BCUT2D eigenvalue weighted by atomic mass is 10.2. The standard InChI is InChI=1S/C16H10Cl3FN2O/c17-16(18,19)15-21-13-4-2-1-3-12(13)14(23)22(15)9-10-5-7-11(20)8-6-10/h1-8H,9H2. The topological polar surface area (TPSA) is 34.9 Å². The smallest absolute Gasteiger partial charge is 0.261 e. The van der Waals surface area contributed by atoms with Crippen molar-refractivity contribution in [1.29, 1.82) is 0 Å². The molecular formula is C16H10Cl3FN2O. The van der Waals surface area contributed by atoms with Crippen LogP contribution in [0.5, 0.6) is 0 Å². The van der Waals surface area contributed by atoms with Gasteiger partial charge in [-0.3, -0.25) is 9.36 Å². The van der Waals surface area contributed by atoms with Gasteiger partial charge in [-0.2, -0.15) is 0 Å². The first-order valence-corrected chi connectivity index (χ1v) is 7.81. The van der Waals surface area contributed by atoms with Gasteiger partial charge in [-0.25, -0.2) is 9.37 Å². The van der Waals surface area contributed by atoms with Gasteiger partial charge in [-0.05, 0) is 29.8 Å². The number of hydrogen-bond donors (Lipinski definition) is 0. The summed E-state index contributed by atoms with van der Waals surface area (Å²) < 4.78 is 12.5. The summed E-state index contributed by atoms with van der Waals surface area (Å²) in [5.74, 6) is -0.338. The van der Waals surface area contributed by atoms with Gasteiger partial charge in [0.05, 0.1) is 17.4 Å². The Hall–Kier alpha value is -1.62. The molecule has 0 unspecified atom stereocenters. The van der Waals surface area contributed by atoms with Gasteiger partial charge in [0.25, 0.3) is 5.56 Å². The van der Waals surface area contributed by atoms with E-state index < -0.39 is 3.79 Å². The van der Waals surface area contributed by atoms with Crippen molar-refractivity contribution in [2.45, 2.75) is 10.3 Å². The average molecular weight is 372 g/mol. The number of halogens is 4. The minimum Gasteiger partial charge on any atom is -0.288 e. The Morgan fingerprint density at radius 3 is 2.35 bits per heavy atom. The van der Waals surface area contributed by atoms with Crippen molar-refractivity contribution in [1.82, 2.24) is 9.55 Å². The summed E-state index contributed by atoms with van der Waals surface area (Å²) in [6, 6.07) is 12.6. The van der Waals surface area contributed by atoms with Crippen molar-refractivity contribution in [3.8, 4) is 0 Å². The van der Waals surface area contributed by atoms with Gasteiger partial charge in [-0.15, -0.1) is 0 Å². The van der Waals surface area contributed by atoms with Gasteiger partial charge < -0.3 is 0 Å². The Balaban J connectivity index is 2.22. The molecule has 3 aromatic rings. The highest BCUT2D eigenvalue weighted by atomic mass is 35.6. The second kappa shape index (κ2) is 6.11. The van der Waals surface area contributed by atoms with Crippen LogP contribution in [0.4, 0.5) is 4.39 Å². The van der Waals surface area contributed by atoms with Gasteiger partial charge in [0.1, 0.15) is 5.82 Å². The molecule has 0 N–H and O–H groups in total. The molecular weight excluding hydrogens is 362 g/mol. The van der Waals surface area contributed by atoms with Crippen molar-refractivity contribution in [2.24, 2.45) is 0 Å². The summed E-state index contributed by atoms with van der Waals surface area (Å²) in [4.78, 5) is 17.1. The van der Waals surface area contributed by atoms with Gasteiger partial charge in [-0.1, -0.05) is 59.1 Å². The van der Waals surface area contributed by atoms with Crippen LogP contribution in [0.1, 0.15) is 11.4 Å². The van der Waals surface area contributed by atoms with Crippen LogP contribution in [0.15, 0.2) is 53.3 Å². The molecule has 0 spiro atoms. The molecule has 118 valence electrons. The van der Waals surface area contributed by atoms with E-state index in [0.717, 1.165) is 0 Å². The van der Waals surface area contributed by atoms with E-state index in [0.29, 0.717) is 16.5 Å². The van der Waals surface area contributed by atoms with E-state index in [4.69, 9.17) is 34.8 Å². The van der Waals surface area contributed by atoms with Crippen molar-refractivity contribution < 1.29 is 4.39 Å². The number of nitrogens with zero attached hydrogens (tertiary/aromatic N) is 2. The number of rotatable bonds is 2. The summed E-state index contributed by atoms with van der Waals surface area (Å²) in [6.07, 6.45) is 0. The Bertz CT molecular complexity index is 917. The van der Waals surface area contributed by atoms with Crippen molar-refractivity contribution >= 4 is 45.7 Å². The molecule has 0 radical (unpaired) electrons. The molecule has 0 bridgehead atoms. The molecule has 0 fully saturated rings. The second-order valence-corrected chi connectivity index (χ2v) is 7.25. The highest BCUT2D eigenvalue weighted by molar-refractivity contribution is 6.66. The normalized spacial score (nSPS) is 11.8. The molecule has 0 amide bonds. The number of alkyl halides is 3. The molecule has 0 aliphatic heterocycles. The molecule has 23 heavy (non-hydrogen) atoms. The third kappa shape index (κ3) is 3.34. The van der Waals surface area contributed by atoms with Crippen molar-refractivity contribution in [3.63, 3.8) is 0 Å². The van der Waals surface area contributed by atoms with Crippen LogP contribution in [-0.4, -0.2) is 9.55 Å². The first-order chi connectivity index (χ1) is 10.9. The fraction of sp³-hybridized carbons (Fsp3) is 0.125. The number of benzene rings is 2. The van der Waals surface area contributed by atoms with Crippen molar-refractivity contribution in [2.75, 3.05) is 0 Å². The van der Waals surface area contributed by atoms with Crippen LogP contribution in [0.25, 0.3) is 10.9 Å². The highest BCUT2D eigenvalue weighted by Crippen LogP contribution is 2.37. The predicted molar refractivity (Wildman–Crippen MR) is 90.7 cm³/mol. The number of hydrogen-bond acceptors (Lipinski definition) is 2. The molecule has 2 aromatic carbocycles. The molecule has 7 heteroatoms. The maximum absolute atomic E-state index is 13.0. The summed E-state index contributed by atoms with van der Waals surface area (Å²) in [7, 11) is 0. The van der Waals surface area contributed by atoms with Gasteiger partial charge in [0.15, 0.2) is 5.82 Å². The molecule has 3 rings (SSSR count). The molecule has 3 nitrogen and oxygen atoms in total. The van der Waals surface area contributed by atoms with Crippen LogP contribution in [0, 0.1) is 5.82 Å². The SMILES string of the molecule is O=c1c2ccccc2nc(C(Cl)(Cl)Cl)n1Cc1ccc(F)cc1. The molecule has 0 atom stereocenters. The van der Waals surface area contributed by atoms with Gasteiger partial charge in [0.2, 0.25) is 3.79 Å². The van der Waals surface area contributed by atoms with E-state index in [1.165, 1.54) is 16.7 Å². The lowest BCUT2D eigenvalue weighted by Gasteiger charge is -2.18. The monoisotopic (exact) mass is 370 g/mol. The van der Waals surface area contributed by atoms with Gasteiger partial charge in [0, 0.05) is 0 Å². The Kier molecular flexibility index (Phi) is 4.32. The van der Waals surface area contributed by atoms with E-state index in [2.05, 4.69) is 4.98 Å². The molecule has 0 aliphatic rings. The minimum absolute atomic E-state index is 0.0236. The van der Waals surface area contributed by atoms with E-state index >= 15 is 0 Å². The molecule has 1 heterocycles. The fourth-order valence-corrected chi connectivity index (χ4v) is 2.74. The molecule has 0 aliphatic carbocycles. The van der Waals surface area contributed by atoms with E-state index in [-0.39, 0.29) is 23.7 Å². The first-order valence-electron chi connectivity index (χ1n) is 6.67.